The van der Waals surface area contributed by atoms with Gasteiger partial charge in [0.25, 0.3) is 0 Å². The molecule has 0 saturated heterocycles. The highest BCUT2D eigenvalue weighted by Crippen LogP contribution is 2.29. The number of hydrogen-bond acceptors (Lipinski definition) is 4. The Kier molecular flexibility index (Phi) is 3.43. The first kappa shape index (κ1) is 13.3. The molecule has 0 radical (unpaired) electrons. The Labute approximate surface area is 127 Å². The minimum atomic E-state index is 0.212. The number of nitriles is 1. The third-order valence-corrected chi connectivity index (χ3v) is 3.43. The average Bonchev–Trinajstić information content (AvgIpc) is 2.53. The molecule has 1 heterocycles. The van der Waals surface area contributed by atoms with Gasteiger partial charge in [-0.15, -0.1) is 0 Å². The van der Waals surface area contributed by atoms with Gasteiger partial charge in [-0.1, -0.05) is 12.1 Å². The van der Waals surface area contributed by atoms with Crippen LogP contribution in [0.25, 0.3) is 10.9 Å². The van der Waals surface area contributed by atoms with Crippen molar-refractivity contribution in [1.82, 2.24) is 9.97 Å². The second kappa shape index (κ2) is 5.39. The lowest BCUT2D eigenvalue weighted by Crippen LogP contribution is -2.12. The monoisotopic (exact) mass is 294 g/mol. The molecule has 0 atom stereocenters. The van der Waals surface area contributed by atoms with E-state index in [1.165, 1.54) is 0 Å². The van der Waals surface area contributed by atoms with Gasteiger partial charge in [-0.05, 0) is 48.0 Å². The summed E-state index contributed by atoms with van der Waals surface area (Å²) in [6.07, 6.45) is 0. The Morgan fingerprint density at radius 1 is 1.05 bits per heavy atom. The lowest BCUT2D eigenvalue weighted by molar-refractivity contribution is 1.11. The highest BCUT2D eigenvalue weighted by molar-refractivity contribution is 6.28. The van der Waals surface area contributed by atoms with Gasteiger partial charge in [0, 0.05) is 18.1 Å². The third-order valence-electron chi connectivity index (χ3n) is 3.26. The zero-order valence-electron chi connectivity index (χ0n) is 11.3. The first-order valence-electron chi connectivity index (χ1n) is 6.35. The summed E-state index contributed by atoms with van der Waals surface area (Å²) in [6, 6.07) is 17.1. The van der Waals surface area contributed by atoms with Gasteiger partial charge >= 0.3 is 0 Å². The van der Waals surface area contributed by atoms with Crippen molar-refractivity contribution < 1.29 is 0 Å². The molecule has 2 aromatic carbocycles. The lowest BCUT2D eigenvalue weighted by Gasteiger charge is -2.20. The maximum atomic E-state index is 8.86. The molecule has 102 valence electrons. The summed E-state index contributed by atoms with van der Waals surface area (Å²) >= 11 is 6.01. The number of nitrogens with zero attached hydrogens (tertiary/aromatic N) is 4. The van der Waals surface area contributed by atoms with E-state index in [4.69, 9.17) is 16.9 Å². The van der Waals surface area contributed by atoms with Gasteiger partial charge in [-0.25, -0.2) is 4.98 Å². The summed E-state index contributed by atoms with van der Waals surface area (Å²) in [5.74, 6) is 0.732. The number of hydrogen-bond donors (Lipinski definition) is 0. The first-order valence-corrected chi connectivity index (χ1v) is 6.73. The van der Waals surface area contributed by atoms with Crippen molar-refractivity contribution in [1.29, 1.82) is 5.26 Å². The second-order valence-corrected chi connectivity index (χ2v) is 4.89. The van der Waals surface area contributed by atoms with Crippen LogP contribution in [0.15, 0.2) is 48.5 Å². The molecule has 0 N–H and O–H groups in total. The van der Waals surface area contributed by atoms with Gasteiger partial charge in [0.1, 0.15) is 5.82 Å². The molecule has 21 heavy (non-hydrogen) atoms. The number of para-hydroxylation sites is 1. The third kappa shape index (κ3) is 2.51. The van der Waals surface area contributed by atoms with Crippen LogP contribution in [0.5, 0.6) is 0 Å². The van der Waals surface area contributed by atoms with Crippen LogP contribution >= 0.6 is 11.6 Å². The van der Waals surface area contributed by atoms with Crippen LogP contribution in [-0.4, -0.2) is 17.0 Å². The molecular weight excluding hydrogens is 284 g/mol. The number of halogens is 1. The van der Waals surface area contributed by atoms with E-state index < -0.39 is 0 Å². The second-order valence-electron chi connectivity index (χ2n) is 4.55. The van der Waals surface area contributed by atoms with Crippen molar-refractivity contribution in [2.75, 3.05) is 11.9 Å². The zero-order chi connectivity index (χ0) is 14.8. The number of rotatable bonds is 2. The predicted octanol–water partition coefficient (Wildman–Crippen LogP) is 3.92. The van der Waals surface area contributed by atoms with Crippen molar-refractivity contribution >= 4 is 34.0 Å². The van der Waals surface area contributed by atoms with Gasteiger partial charge in [-0.2, -0.15) is 10.2 Å². The highest BCUT2D eigenvalue weighted by atomic mass is 35.5. The van der Waals surface area contributed by atoms with E-state index in [1.54, 1.807) is 12.1 Å². The van der Waals surface area contributed by atoms with Crippen LogP contribution in [0.3, 0.4) is 0 Å². The van der Waals surface area contributed by atoms with Gasteiger partial charge in [-0.3, -0.25) is 0 Å². The molecule has 0 unspecified atom stereocenters. The molecular formula is C16H11ClN4. The number of fused-ring (bicyclic) bond motifs is 1. The Bertz CT molecular complexity index is 837. The van der Waals surface area contributed by atoms with Crippen LogP contribution in [0.2, 0.25) is 5.28 Å². The smallest absolute Gasteiger partial charge is 0.224 e. The molecule has 1 aromatic heterocycles. The summed E-state index contributed by atoms with van der Waals surface area (Å²) in [5, 5.41) is 10.00. The van der Waals surface area contributed by atoms with Crippen LogP contribution in [-0.2, 0) is 0 Å². The Hall–Kier alpha value is -2.64. The van der Waals surface area contributed by atoms with E-state index in [-0.39, 0.29) is 5.28 Å². The first-order chi connectivity index (χ1) is 10.2. The summed E-state index contributed by atoms with van der Waals surface area (Å²) in [7, 11) is 1.91. The van der Waals surface area contributed by atoms with E-state index in [0.29, 0.717) is 5.56 Å². The fraction of sp³-hybridized carbons (Fsp3) is 0.0625. The lowest BCUT2D eigenvalue weighted by atomic mass is 10.2. The topological polar surface area (TPSA) is 52.8 Å². The Morgan fingerprint density at radius 2 is 1.76 bits per heavy atom. The minimum Gasteiger partial charge on any atom is -0.329 e. The number of anilines is 2. The van der Waals surface area contributed by atoms with E-state index in [9.17, 15) is 0 Å². The van der Waals surface area contributed by atoms with Crippen molar-refractivity contribution in [3.8, 4) is 6.07 Å². The van der Waals surface area contributed by atoms with Gasteiger partial charge < -0.3 is 4.90 Å². The summed E-state index contributed by atoms with van der Waals surface area (Å²) in [5.41, 5.74) is 2.35. The van der Waals surface area contributed by atoms with E-state index >= 15 is 0 Å². The standard InChI is InChI=1S/C16H11ClN4/c1-21(12-8-6-11(10-18)7-9-12)15-13-4-2-3-5-14(13)19-16(17)20-15/h2-9H,1H3. The maximum absolute atomic E-state index is 8.86. The number of benzene rings is 2. The molecule has 0 saturated carbocycles. The quantitative estimate of drug-likeness (QED) is 0.672. The molecule has 4 nitrogen and oxygen atoms in total. The van der Waals surface area contributed by atoms with Crippen molar-refractivity contribution in [2.24, 2.45) is 0 Å². The number of aromatic nitrogens is 2. The van der Waals surface area contributed by atoms with Gasteiger partial charge in [0.2, 0.25) is 5.28 Å². The average molecular weight is 295 g/mol. The van der Waals surface area contributed by atoms with Crippen molar-refractivity contribution in [2.45, 2.75) is 0 Å². The fourth-order valence-corrected chi connectivity index (χ4v) is 2.34. The van der Waals surface area contributed by atoms with Crippen LogP contribution in [0.1, 0.15) is 5.56 Å². The SMILES string of the molecule is CN(c1ccc(C#N)cc1)c1nc(Cl)nc2ccccc12. The Balaban J connectivity index is 2.12. The van der Waals surface area contributed by atoms with E-state index in [0.717, 1.165) is 22.4 Å². The predicted molar refractivity (Wildman–Crippen MR) is 83.8 cm³/mol. The fourth-order valence-electron chi connectivity index (χ4n) is 2.17. The van der Waals surface area contributed by atoms with Crippen molar-refractivity contribution in [3.05, 3.63) is 59.4 Å². The maximum Gasteiger partial charge on any atom is 0.224 e. The van der Waals surface area contributed by atoms with Crippen molar-refractivity contribution in [3.63, 3.8) is 0 Å². The van der Waals surface area contributed by atoms with Crippen LogP contribution in [0.4, 0.5) is 11.5 Å². The van der Waals surface area contributed by atoms with Gasteiger partial charge in [0.15, 0.2) is 0 Å². The largest absolute Gasteiger partial charge is 0.329 e. The molecule has 3 aromatic rings. The molecule has 0 bridgehead atoms. The minimum absolute atomic E-state index is 0.212. The summed E-state index contributed by atoms with van der Waals surface area (Å²) in [4.78, 5) is 10.5. The van der Waals surface area contributed by atoms with Gasteiger partial charge in [0.05, 0.1) is 17.1 Å². The van der Waals surface area contributed by atoms with Crippen LogP contribution in [0, 0.1) is 11.3 Å². The highest BCUT2D eigenvalue weighted by Gasteiger charge is 2.12. The molecule has 5 heteroatoms. The molecule has 0 fully saturated rings. The zero-order valence-corrected chi connectivity index (χ0v) is 12.0. The molecule has 0 aliphatic carbocycles. The molecule has 0 aliphatic rings. The van der Waals surface area contributed by atoms with E-state index in [2.05, 4.69) is 16.0 Å². The molecule has 3 rings (SSSR count). The molecule has 0 amide bonds. The molecule has 0 spiro atoms. The van der Waals surface area contributed by atoms with E-state index in [1.807, 2.05) is 48.3 Å². The molecule has 0 aliphatic heterocycles. The Morgan fingerprint density at radius 3 is 2.48 bits per heavy atom. The van der Waals surface area contributed by atoms with Crippen LogP contribution < -0.4 is 4.90 Å². The summed E-state index contributed by atoms with van der Waals surface area (Å²) in [6.45, 7) is 0. The normalized spacial score (nSPS) is 10.3. The summed E-state index contributed by atoms with van der Waals surface area (Å²) < 4.78 is 0.